The van der Waals surface area contributed by atoms with E-state index < -0.39 is 16.8 Å². The van der Waals surface area contributed by atoms with E-state index in [9.17, 15) is 27.6 Å². The van der Waals surface area contributed by atoms with Crippen molar-refractivity contribution in [1.82, 2.24) is 4.90 Å². The van der Waals surface area contributed by atoms with Crippen molar-refractivity contribution in [2.75, 3.05) is 6.54 Å². The van der Waals surface area contributed by atoms with Gasteiger partial charge in [-0.25, -0.2) is 0 Å². The van der Waals surface area contributed by atoms with E-state index in [1.54, 1.807) is 4.90 Å². The van der Waals surface area contributed by atoms with Crippen LogP contribution in [0.4, 0.5) is 13.2 Å². The highest BCUT2D eigenvalue weighted by molar-refractivity contribution is 7.16. The molecule has 130 valence electrons. The van der Waals surface area contributed by atoms with Gasteiger partial charge in [0.15, 0.2) is 0 Å². The number of likely N-dealkylation sites (tertiary alicyclic amines) is 1. The quantitative estimate of drug-likeness (QED) is 0.760. The number of carbonyl (C=O) groups is 3. The van der Waals surface area contributed by atoms with Crippen LogP contribution in [-0.2, 0) is 4.79 Å². The van der Waals surface area contributed by atoms with Crippen molar-refractivity contribution in [3.63, 3.8) is 0 Å². The molecular formula is C16H16F3NO3S. The minimum atomic E-state index is -4.95. The zero-order valence-corrected chi connectivity index (χ0v) is 13.6. The second-order valence-corrected chi connectivity index (χ2v) is 7.25. The lowest BCUT2D eigenvalue weighted by atomic mass is 9.77. The molecule has 2 atom stereocenters. The third-order valence-electron chi connectivity index (χ3n) is 4.70. The Morgan fingerprint density at radius 1 is 1.12 bits per heavy atom. The number of fused-ring (bicyclic) bond motifs is 1. The summed E-state index contributed by atoms with van der Waals surface area (Å²) in [5.41, 5.74) is 0. The van der Waals surface area contributed by atoms with Gasteiger partial charge in [0.2, 0.25) is 0 Å². The number of alkyl halides is 3. The number of thiophene rings is 1. The molecule has 1 aliphatic heterocycles. The van der Waals surface area contributed by atoms with Crippen molar-refractivity contribution in [2.45, 2.75) is 44.3 Å². The van der Waals surface area contributed by atoms with Crippen LogP contribution in [0.3, 0.4) is 0 Å². The molecule has 2 heterocycles. The van der Waals surface area contributed by atoms with E-state index in [-0.39, 0.29) is 34.9 Å². The van der Waals surface area contributed by atoms with Gasteiger partial charge in [-0.3, -0.25) is 14.4 Å². The van der Waals surface area contributed by atoms with Crippen LogP contribution in [-0.4, -0.2) is 41.1 Å². The molecule has 0 aromatic carbocycles. The summed E-state index contributed by atoms with van der Waals surface area (Å²) in [4.78, 5) is 37.2. The molecule has 0 spiro atoms. The van der Waals surface area contributed by atoms with Crippen molar-refractivity contribution in [2.24, 2.45) is 5.92 Å². The molecule has 2 fully saturated rings. The summed E-state index contributed by atoms with van der Waals surface area (Å²) in [6.07, 6.45) is -1.28. The highest BCUT2D eigenvalue weighted by Gasteiger charge is 2.42. The fraction of sp³-hybridized carbons (Fsp3) is 0.562. The zero-order chi connectivity index (χ0) is 17.5. The maximum atomic E-state index is 12.7. The Hall–Kier alpha value is -1.70. The first-order valence-electron chi connectivity index (χ1n) is 7.84. The standard InChI is InChI=1S/C16H16F3NO3S/c17-16(18,19)14(22)12-5-6-13(24-12)15(23)20-8-7-11(21)9-3-1-2-4-10(9)20/h5-6,9-10H,1-4,7-8H2. The number of halogens is 3. The van der Waals surface area contributed by atoms with Gasteiger partial charge in [0.1, 0.15) is 5.78 Å². The lowest BCUT2D eigenvalue weighted by Gasteiger charge is -2.42. The van der Waals surface area contributed by atoms with Gasteiger partial charge in [0, 0.05) is 24.9 Å². The molecule has 1 aromatic heterocycles. The van der Waals surface area contributed by atoms with Crippen molar-refractivity contribution in [3.05, 3.63) is 21.9 Å². The minimum absolute atomic E-state index is 0.112. The smallest absolute Gasteiger partial charge is 0.334 e. The van der Waals surface area contributed by atoms with E-state index in [1.807, 2.05) is 0 Å². The predicted octanol–water partition coefficient (Wildman–Crippen LogP) is 3.47. The number of rotatable bonds is 2. The van der Waals surface area contributed by atoms with Crippen molar-refractivity contribution in [3.8, 4) is 0 Å². The average molecular weight is 359 g/mol. The summed E-state index contributed by atoms with van der Waals surface area (Å²) in [5.74, 6) is -2.31. The highest BCUT2D eigenvalue weighted by atomic mass is 32.1. The number of piperidine rings is 1. The molecule has 0 N–H and O–H groups in total. The van der Waals surface area contributed by atoms with Crippen LogP contribution in [0, 0.1) is 5.92 Å². The van der Waals surface area contributed by atoms with Gasteiger partial charge in [-0.05, 0) is 25.0 Å². The van der Waals surface area contributed by atoms with Gasteiger partial charge in [-0.15, -0.1) is 11.3 Å². The van der Waals surface area contributed by atoms with Crippen LogP contribution < -0.4 is 0 Å². The van der Waals surface area contributed by atoms with Gasteiger partial charge < -0.3 is 4.90 Å². The summed E-state index contributed by atoms with van der Waals surface area (Å²) < 4.78 is 37.5. The Labute approximate surface area is 140 Å². The van der Waals surface area contributed by atoms with Crippen LogP contribution >= 0.6 is 11.3 Å². The monoisotopic (exact) mass is 359 g/mol. The number of hydrogen-bond acceptors (Lipinski definition) is 4. The first-order chi connectivity index (χ1) is 11.3. The van der Waals surface area contributed by atoms with E-state index in [1.165, 1.54) is 6.07 Å². The molecule has 24 heavy (non-hydrogen) atoms. The molecule has 1 amide bonds. The van der Waals surface area contributed by atoms with Gasteiger partial charge in [-0.1, -0.05) is 12.8 Å². The van der Waals surface area contributed by atoms with Gasteiger partial charge in [-0.2, -0.15) is 13.2 Å². The predicted molar refractivity (Wildman–Crippen MR) is 81.1 cm³/mol. The Morgan fingerprint density at radius 2 is 1.79 bits per heavy atom. The molecule has 1 aliphatic carbocycles. The number of ketones is 2. The van der Waals surface area contributed by atoms with Gasteiger partial charge >= 0.3 is 6.18 Å². The number of hydrogen-bond donors (Lipinski definition) is 0. The molecule has 3 rings (SSSR count). The fourth-order valence-corrected chi connectivity index (χ4v) is 4.47. The van der Waals surface area contributed by atoms with Crippen molar-refractivity contribution < 1.29 is 27.6 Å². The summed E-state index contributed by atoms with van der Waals surface area (Å²) in [6, 6.07) is 2.14. The molecular weight excluding hydrogens is 343 g/mol. The second-order valence-electron chi connectivity index (χ2n) is 6.16. The zero-order valence-electron chi connectivity index (χ0n) is 12.8. The largest absolute Gasteiger partial charge is 0.455 e. The third-order valence-corrected chi connectivity index (χ3v) is 5.77. The topological polar surface area (TPSA) is 54.5 Å². The second kappa shape index (κ2) is 6.31. The number of amides is 1. The van der Waals surface area contributed by atoms with Crippen molar-refractivity contribution in [1.29, 1.82) is 0 Å². The van der Waals surface area contributed by atoms with E-state index in [0.29, 0.717) is 17.9 Å². The normalized spacial score (nSPS) is 24.6. The molecule has 1 saturated carbocycles. The van der Waals surface area contributed by atoms with Crippen LogP contribution in [0.15, 0.2) is 12.1 Å². The van der Waals surface area contributed by atoms with Gasteiger partial charge in [0.25, 0.3) is 11.7 Å². The third kappa shape index (κ3) is 3.11. The molecule has 8 heteroatoms. The maximum absolute atomic E-state index is 12.7. The molecule has 2 unspecified atom stereocenters. The average Bonchev–Trinajstić information content (AvgIpc) is 3.03. The minimum Gasteiger partial charge on any atom is -0.334 e. The van der Waals surface area contributed by atoms with Crippen LogP contribution in [0.2, 0.25) is 0 Å². The van der Waals surface area contributed by atoms with Crippen LogP contribution in [0.25, 0.3) is 0 Å². The lowest BCUT2D eigenvalue weighted by Crippen LogP contribution is -2.53. The number of nitrogens with zero attached hydrogens (tertiary/aromatic N) is 1. The molecule has 0 radical (unpaired) electrons. The molecule has 1 saturated heterocycles. The highest BCUT2D eigenvalue weighted by Crippen LogP contribution is 2.35. The molecule has 4 nitrogen and oxygen atoms in total. The Kier molecular flexibility index (Phi) is 4.50. The van der Waals surface area contributed by atoms with Gasteiger partial charge in [0.05, 0.1) is 9.75 Å². The summed E-state index contributed by atoms with van der Waals surface area (Å²) >= 11 is 0.564. The van der Waals surface area contributed by atoms with Crippen LogP contribution in [0.1, 0.15) is 51.4 Å². The fourth-order valence-electron chi connectivity index (χ4n) is 3.55. The Morgan fingerprint density at radius 3 is 2.50 bits per heavy atom. The van der Waals surface area contributed by atoms with E-state index in [0.717, 1.165) is 31.7 Å². The summed E-state index contributed by atoms with van der Waals surface area (Å²) in [5, 5.41) is 0. The van der Waals surface area contributed by atoms with E-state index in [4.69, 9.17) is 0 Å². The van der Waals surface area contributed by atoms with Crippen LogP contribution in [0.5, 0.6) is 0 Å². The molecule has 0 bridgehead atoms. The first-order valence-corrected chi connectivity index (χ1v) is 8.65. The lowest BCUT2D eigenvalue weighted by molar-refractivity contribution is -0.129. The first kappa shape index (κ1) is 17.1. The Balaban J connectivity index is 1.80. The van der Waals surface area contributed by atoms with E-state index >= 15 is 0 Å². The molecule has 2 aliphatic rings. The number of carbonyl (C=O) groups excluding carboxylic acids is 3. The molecule has 1 aromatic rings. The van der Waals surface area contributed by atoms with E-state index in [2.05, 4.69) is 0 Å². The Bertz CT molecular complexity index is 682. The SMILES string of the molecule is O=C1CCN(C(=O)c2ccc(C(=O)C(F)(F)F)s2)C2CCCCC12. The van der Waals surface area contributed by atoms with Crippen molar-refractivity contribution >= 4 is 28.8 Å². The maximum Gasteiger partial charge on any atom is 0.455 e. The summed E-state index contributed by atoms with van der Waals surface area (Å²) in [7, 11) is 0. The number of Topliss-reactive ketones (excluding diaryl/α,β-unsaturated/α-hetero) is 2. The summed E-state index contributed by atoms with van der Waals surface area (Å²) in [6.45, 7) is 0.291.